The molecule has 2 N–H and O–H groups in total. The first-order valence-electron chi connectivity index (χ1n) is 6.85. The predicted molar refractivity (Wildman–Crippen MR) is 87.5 cm³/mol. The Labute approximate surface area is 131 Å². The highest BCUT2D eigenvalue weighted by Gasteiger charge is 2.13. The zero-order valence-electron chi connectivity index (χ0n) is 12.3. The third-order valence-electron chi connectivity index (χ3n) is 2.99. The summed E-state index contributed by atoms with van der Waals surface area (Å²) in [5, 5.41) is 2.75. The van der Waals surface area contributed by atoms with Gasteiger partial charge in [-0.25, -0.2) is 8.42 Å². The fraction of sp³-hybridized carbons (Fsp3) is 0.500. The SMILES string of the molecule is CCC(=O)Nc1cccc(NS(=O)(=O)CCCCCl)c1C. The van der Waals surface area contributed by atoms with Gasteiger partial charge in [0.25, 0.3) is 0 Å². The van der Waals surface area contributed by atoms with Crippen molar-refractivity contribution in [3.05, 3.63) is 23.8 Å². The second-order valence-electron chi connectivity index (χ2n) is 4.70. The summed E-state index contributed by atoms with van der Waals surface area (Å²) in [5.41, 5.74) is 1.79. The van der Waals surface area contributed by atoms with Crippen LogP contribution in [0.2, 0.25) is 0 Å². The summed E-state index contributed by atoms with van der Waals surface area (Å²) < 4.78 is 26.5. The summed E-state index contributed by atoms with van der Waals surface area (Å²) in [6.45, 7) is 3.52. The van der Waals surface area contributed by atoms with E-state index in [4.69, 9.17) is 11.6 Å². The number of nitrogens with one attached hydrogen (secondary N) is 2. The first kappa shape index (κ1) is 17.8. The van der Waals surface area contributed by atoms with Crippen molar-refractivity contribution >= 4 is 38.9 Å². The molecule has 0 saturated heterocycles. The summed E-state index contributed by atoms with van der Waals surface area (Å²) in [5.74, 6) is 0.373. The van der Waals surface area contributed by atoms with Gasteiger partial charge in [0.2, 0.25) is 15.9 Å². The van der Waals surface area contributed by atoms with Crippen LogP contribution in [-0.2, 0) is 14.8 Å². The number of halogens is 1. The molecule has 1 rings (SSSR count). The number of anilines is 2. The molecule has 21 heavy (non-hydrogen) atoms. The van der Waals surface area contributed by atoms with E-state index in [1.54, 1.807) is 32.0 Å². The molecule has 0 bridgehead atoms. The quantitative estimate of drug-likeness (QED) is 0.567. The van der Waals surface area contributed by atoms with Crippen LogP contribution < -0.4 is 10.0 Å². The van der Waals surface area contributed by atoms with Crippen LogP contribution >= 0.6 is 11.6 Å². The predicted octanol–water partition coefficient (Wildman–Crippen LogP) is 3.10. The molecule has 0 aliphatic heterocycles. The standard InChI is InChI=1S/C14H21ClN2O3S/c1-3-14(18)16-12-7-6-8-13(11(12)2)17-21(19,20)10-5-4-9-15/h6-8,17H,3-5,9-10H2,1-2H3,(H,16,18). The Morgan fingerprint density at radius 2 is 1.90 bits per heavy atom. The number of hydrogen-bond donors (Lipinski definition) is 2. The van der Waals surface area contributed by atoms with Gasteiger partial charge in [0.05, 0.1) is 11.4 Å². The maximum absolute atomic E-state index is 12.0. The Morgan fingerprint density at radius 1 is 1.24 bits per heavy atom. The lowest BCUT2D eigenvalue weighted by Gasteiger charge is -2.14. The molecule has 0 spiro atoms. The molecule has 0 fully saturated rings. The lowest BCUT2D eigenvalue weighted by molar-refractivity contribution is -0.115. The molecule has 0 unspecified atom stereocenters. The van der Waals surface area contributed by atoms with E-state index < -0.39 is 10.0 Å². The average Bonchev–Trinajstić information content (AvgIpc) is 2.43. The molecule has 7 heteroatoms. The van der Waals surface area contributed by atoms with Gasteiger partial charge < -0.3 is 5.32 Å². The van der Waals surface area contributed by atoms with Crippen LogP contribution in [0.1, 0.15) is 31.7 Å². The van der Waals surface area contributed by atoms with Gasteiger partial charge >= 0.3 is 0 Å². The van der Waals surface area contributed by atoms with Crippen LogP contribution in [-0.4, -0.2) is 26.0 Å². The maximum atomic E-state index is 12.0. The first-order chi connectivity index (χ1) is 9.89. The summed E-state index contributed by atoms with van der Waals surface area (Å²) in [6.07, 6.45) is 1.55. The van der Waals surface area contributed by atoms with Gasteiger partial charge in [-0.15, -0.1) is 11.6 Å². The van der Waals surface area contributed by atoms with E-state index in [9.17, 15) is 13.2 Å². The number of rotatable bonds is 8. The third-order valence-corrected chi connectivity index (χ3v) is 4.62. The van der Waals surface area contributed by atoms with Crippen LogP contribution in [0, 0.1) is 6.92 Å². The number of hydrogen-bond acceptors (Lipinski definition) is 3. The van der Waals surface area contributed by atoms with E-state index in [0.29, 0.717) is 42.1 Å². The monoisotopic (exact) mass is 332 g/mol. The van der Waals surface area contributed by atoms with Crippen molar-refractivity contribution in [1.82, 2.24) is 0 Å². The largest absolute Gasteiger partial charge is 0.326 e. The van der Waals surface area contributed by atoms with Gasteiger partial charge in [-0.05, 0) is 37.5 Å². The molecule has 0 radical (unpaired) electrons. The fourth-order valence-electron chi connectivity index (χ4n) is 1.73. The first-order valence-corrected chi connectivity index (χ1v) is 9.04. The van der Waals surface area contributed by atoms with Crippen molar-refractivity contribution in [1.29, 1.82) is 0 Å². The Balaban J connectivity index is 2.84. The Kier molecular flexibility index (Phi) is 6.98. The van der Waals surface area contributed by atoms with Crippen molar-refractivity contribution in [2.45, 2.75) is 33.1 Å². The Bertz CT molecular complexity index is 588. The summed E-state index contributed by atoms with van der Waals surface area (Å²) in [4.78, 5) is 11.4. The number of carbonyl (C=O) groups is 1. The molecule has 0 aliphatic carbocycles. The van der Waals surface area contributed by atoms with Crippen molar-refractivity contribution in [2.24, 2.45) is 0 Å². The van der Waals surface area contributed by atoms with Crippen LogP contribution in [0.5, 0.6) is 0 Å². The molecule has 118 valence electrons. The molecule has 0 saturated carbocycles. The molecule has 0 atom stereocenters. The van der Waals surface area contributed by atoms with E-state index in [0.717, 1.165) is 0 Å². The second kappa shape index (κ2) is 8.24. The Hall–Kier alpha value is -1.27. The summed E-state index contributed by atoms with van der Waals surface area (Å²) >= 11 is 5.54. The van der Waals surface area contributed by atoms with Crippen molar-refractivity contribution < 1.29 is 13.2 Å². The zero-order valence-corrected chi connectivity index (χ0v) is 13.9. The van der Waals surface area contributed by atoms with Gasteiger partial charge in [0.15, 0.2) is 0 Å². The fourth-order valence-corrected chi connectivity index (χ4v) is 3.16. The van der Waals surface area contributed by atoms with Crippen LogP contribution in [0.4, 0.5) is 11.4 Å². The number of alkyl halides is 1. The minimum Gasteiger partial charge on any atom is -0.326 e. The van der Waals surface area contributed by atoms with Crippen LogP contribution in [0.25, 0.3) is 0 Å². The van der Waals surface area contributed by atoms with Crippen molar-refractivity contribution in [3.63, 3.8) is 0 Å². The number of benzene rings is 1. The lowest BCUT2D eigenvalue weighted by atomic mass is 10.1. The molecule has 1 amide bonds. The van der Waals surface area contributed by atoms with E-state index >= 15 is 0 Å². The van der Waals surface area contributed by atoms with Crippen LogP contribution in [0.15, 0.2) is 18.2 Å². The maximum Gasteiger partial charge on any atom is 0.232 e. The minimum atomic E-state index is -3.40. The van der Waals surface area contributed by atoms with Crippen molar-refractivity contribution in [2.75, 3.05) is 21.7 Å². The molecule has 0 aromatic heterocycles. The topological polar surface area (TPSA) is 75.3 Å². The van der Waals surface area contributed by atoms with E-state index in [2.05, 4.69) is 10.0 Å². The molecular formula is C14H21ClN2O3S. The van der Waals surface area contributed by atoms with Gasteiger partial charge in [-0.3, -0.25) is 9.52 Å². The molecule has 1 aromatic rings. The molecular weight excluding hydrogens is 312 g/mol. The summed E-state index contributed by atoms with van der Waals surface area (Å²) in [7, 11) is -3.40. The van der Waals surface area contributed by atoms with E-state index in [-0.39, 0.29) is 11.7 Å². The Morgan fingerprint density at radius 3 is 2.52 bits per heavy atom. The number of carbonyl (C=O) groups excluding carboxylic acids is 1. The van der Waals surface area contributed by atoms with Crippen LogP contribution in [0.3, 0.4) is 0 Å². The van der Waals surface area contributed by atoms with Gasteiger partial charge in [-0.1, -0.05) is 13.0 Å². The molecule has 0 heterocycles. The summed E-state index contributed by atoms with van der Waals surface area (Å²) in [6, 6.07) is 5.12. The lowest BCUT2D eigenvalue weighted by Crippen LogP contribution is -2.18. The third kappa shape index (κ3) is 5.93. The highest BCUT2D eigenvalue weighted by atomic mass is 35.5. The van der Waals surface area contributed by atoms with Gasteiger partial charge in [0, 0.05) is 18.0 Å². The second-order valence-corrected chi connectivity index (χ2v) is 6.92. The normalized spacial score (nSPS) is 11.2. The molecule has 5 nitrogen and oxygen atoms in total. The smallest absolute Gasteiger partial charge is 0.232 e. The van der Waals surface area contributed by atoms with Gasteiger partial charge in [-0.2, -0.15) is 0 Å². The zero-order chi connectivity index (χ0) is 15.9. The highest BCUT2D eigenvalue weighted by Crippen LogP contribution is 2.24. The van der Waals surface area contributed by atoms with Gasteiger partial charge in [0.1, 0.15) is 0 Å². The molecule has 0 aliphatic rings. The highest BCUT2D eigenvalue weighted by molar-refractivity contribution is 7.92. The number of unbranched alkanes of at least 4 members (excludes halogenated alkanes) is 1. The van der Waals surface area contributed by atoms with E-state index in [1.807, 2.05) is 0 Å². The minimum absolute atomic E-state index is 0.0324. The van der Waals surface area contributed by atoms with Crippen molar-refractivity contribution in [3.8, 4) is 0 Å². The number of sulfonamides is 1. The molecule has 1 aromatic carbocycles. The number of amides is 1. The van der Waals surface area contributed by atoms with E-state index in [1.165, 1.54) is 0 Å². The average molecular weight is 333 g/mol.